The molecular weight excluding hydrogens is 278 g/mol. The molecule has 2 rings (SSSR count). The van der Waals surface area contributed by atoms with Crippen LogP contribution in [0.1, 0.15) is 18.5 Å². The van der Waals surface area contributed by atoms with E-state index in [0.717, 1.165) is 6.92 Å². The smallest absolute Gasteiger partial charge is 0.347 e. The minimum absolute atomic E-state index is 0.313. The molecule has 7 heteroatoms. The normalized spacial score (nSPS) is 24.8. The Morgan fingerprint density at radius 3 is 2.45 bits per heavy atom. The molecule has 0 N–H and O–H groups in total. The molecule has 0 aromatic heterocycles. The lowest BCUT2D eigenvalue weighted by molar-refractivity contribution is -0.240. The first kappa shape index (κ1) is 14.8. The first-order valence-electron chi connectivity index (χ1n) is 6.02. The fourth-order valence-electron chi connectivity index (χ4n) is 2.17. The third kappa shape index (κ3) is 2.77. The lowest BCUT2D eigenvalue weighted by atomic mass is 10.1. The van der Waals surface area contributed by atoms with Gasteiger partial charge in [-0.25, -0.2) is 4.39 Å². The van der Waals surface area contributed by atoms with Crippen LogP contribution in [0, 0.1) is 0 Å². The average Bonchev–Trinajstić information content (AvgIpc) is 2.83. The summed E-state index contributed by atoms with van der Waals surface area (Å²) in [6.07, 6.45) is -9.18. The number of amides is 1. The van der Waals surface area contributed by atoms with Crippen molar-refractivity contribution in [2.75, 3.05) is 6.61 Å². The number of hydrogen-bond acceptors (Lipinski definition) is 2. The molecule has 3 atom stereocenters. The zero-order chi connectivity index (χ0) is 14.9. The van der Waals surface area contributed by atoms with Crippen molar-refractivity contribution < 1.29 is 27.1 Å². The van der Waals surface area contributed by atoms with Gasteiger partial charge in [0.1, 0.15) is 0 Å². The van der Waals surface area contributed by atoms with Gasteiger partial charge in [0.25, 0.3) is 5.91 Å². The van der Waals surface area contributed by atoms with Crippen molar-refractivity contribution in [1.82, 2.24) is 4.90 Å². The number of carbonyl (C=O) groups excluding carboxylic acids is 1. The van der Waals surface area contributed by atoms with E-state index in [1.54, 1.807) is 30.3 Å². The van der Waals surface area contributed by atoms with E-state index in [1.165, 1.54) is 0 Å². The van der Waals surface area contributed by atoms with Crippen LogP contribution in [0.15, 0.2) is 30.3 Å². The van der Waals surface area contributed by atoms with Crippen molar-refractivity contribution in [2.45, 2.75) is 31.5 Å². The van der Waals surface area contributed by atoms with E-state index in [1.807, 2.05) is 0 Å². The summed E-state index contributed by atoms with van der Waals surface area (Å²) >= 11 is 0. The highest BCUT2D eigenvalue weighted by Gasteiger charge is 2.54. The number of alkyl halides is 4. The molecule has 0 spiro atoms. The number of halogens is 4. The maximum atomic E-state index is 13.2. The molecule has 0 radical (unpaired) electrons. The van der Waals surface area contributed by atoms with Gasteiger partial charge in [-0.15, -0.1) is 0 Å². The number of ether oxygens (including phenoxy) is 1. The zero-order valence-corrected chi connectivity index (χ0v) is 10.6. The van der Waals surface area contributed by atoms with Crippen molar-refractivity contribution >= 4 is 5.91 Å². The van der Waals surface area contributed by atoms with Crippen LogP contribution in [0.4, 0.5) is 17.6 Å². The summed E-state index contributed by atoms with van der Waals surface area (Å²) in [7, 11) is 0. The van der Waals surface area contributed by atoms with Crippen LogP contribution >= 0.6 is 0 Å². The highest BCUT2D eigenvalue weighted by atomic mass is 19.4. The Bertz CT molecular complexity index is 475. The van der Waals surface area contributed by atoms with E-state index < -0.39 is 30.5 Å². The molecule has 3 unspecified atom stereocenters. The van der Waals surface area contributed by atoms with Gasteiger partial charge in [0.15, 0.2) is 6.17 Å². The zero-order valence-electron chi connectivity index (χ0n) is 10.6. The molecular formula is C13H13F4NO2. The second-order valence-electron chi connectivity index (χ2n) is 4.52. The van der Waals surface area contributed by atoms with Gasteiger partial charge in [-0.05, 0) is 12.5 Å². The molecule has 0 aliphatic carbocycles. The summed E-state index contributed by atoms with van der Waals surface area (Å²) in [6.45, 7) is 0.600. The third-order valence-corrected chi connectivity index (χ3v) is 3.06. The highest BCUT2D eigenvalue weighted by Crippen LogP contribution is 2.38. The van der Waals surface area contributed by atoms with Crippen molar-refractivity contribution in [3.8, 4) is 0 Å². The number of rotatable bonds is 2. The molecule has 0 saturated carbocycles. The predicted molar refractivity (Wildman–Crippen MR) is 62.4 cm³/mol. The molecule has 1 aliphatic rings. The maximum absolute atomic E-state index is 13.2. The molecule has 1 heterocycles. The molecule has 20 heavy (non-hydrogen) atoms. The predicted octanol–water partition coefficient (Wildman–Crippen LogP) is 2.83. The summed E-state index contributed by atoms with van der Waals surface area (Å²) in [6, 6.07) is 7.19. The van der Waals surface area contributed by atoms with Crippen molar-refractivity contribution in [3.63, 3.8) is 0 Å². The molecule has 1 aromatic carbocycles. The summed E-state index contributed by atoms with van der Waals surface area (Å²) in [4.78, 5) is 12.2. The highest BCUT2D eigenvalue weighted by molar-refractivity contribution is 5.81. The lowest BCUT2D eigenvalue weighted by Crippen LogP contribution is -2.48. The topological polar surface area (TPSA) is 29.5 Å². The van der Waals surface area contributed by atoms with Crippen LogP contribution in [0.5, 0.6) is 0 Å². The van der Waals surface area contributed by atoms with Gasteiger partial charge in [-0.1, -0.05) is 30.3 Å². The molecule has 1 fully saturated rings. The van der Waals surface area contributed by atoms with E-state index in [0.29, 0.717) is 10.5 Å². The Morgan fingerprint density at radius 2 is 1.95 bits per heavy atom. The standard InChI is InChI=1S/C13H13F4NO2/c1-8(14)11(19)18-10(9-5-3-2-4-6-9)7-20-12(18)13(15,16)17/h2-6,8,10,12H,7H2,1H3. The van der Waals surface area contributed by atoms with E-state index in [-0.39, 0.29) is 6.61 Å². The Morgan fingerprint density at radius 1 is 1.35 bits per heavy atom. The maximum Gasteiger partial charge on any atom is 0.433 e. The van der Waals surface area contributed by atoms with Crippen LogP contribution < -0.4 is 0 Å². The van der Waals surface area contributed by atoms with Gasteiger partial charge in [-0.2, -0.15) is 13.2 Å². The van der Waals surface area contributed by atoms with Gasteiger partial charge < -0.3 is 4.74 Å². The van der Waals surface area contributed by atoms with Crippen molar-refractivity contribution in [1.29, 1.82) is 0 Å². The van der Waals surface area contributed by atoms with Crippen LogP contribution in [-0.2, 0) is 9.53 Å². The first-order valence-corrected chi connectivity index (χ1v) is 6.02. The van der Waals surface area contributed by atoms with Crippen LogP contribution in [0.2, 0.25) is 0 Å². The second-order valence-corrected chi connectivity index (χ2v) is 4.52. The van der Waals surface area contributed by atoms with Gasteiger partial charge in [0, 0.05) is 0 Å². The van der Waals surface area contributed by atoms with Gasteiger partial charge >= 0.3 is 6.18 Å². The monoisotopic (exact) mass is 291 g/mol. The van der Waals surface area contributed by atoms with Crippen LogP contribution in [0.3, 0.4) is 0 Å². The average molecular weight is 291 g/mol. The SMILES string of the molecule is CC(F)C(=O)N1C(c2ccccc2)COC1C(F)(F)F. The number of carbonyl (C=O) groups is 1. The minimum Gasteiger partial charge on any atom is -0.347 e. The van der Waals surface area contributed by atoms with Crippen molar-refractivity contribution in [3.05, 3.63) is 35.9 Å². The fraction of sp³-hybridized carbons (Fsp3) is 0.462. The quantitative estimate of drug-likeness (QED) is 0.784. The molecule has 1 saturated heterocycles. The number of benzene rings is 1. The van der Waals surface area contributed by atoms with E-state index in [2.05, 4.69) is 4.74 Å². The molecule has 3 nitrogen and oxygen atoms in total. The Labute approximate surface area is 113 Å². The second kappa shape index (κ2) is 5.40. The summed E-state index contributed by atoms with van der Waals surface area (Å²) in [5.74, 6) is -1.22. The lowest BCUT2D eigenvalue weighted by Gasteiger charge is -2.30. The van der Waals surface area contributed by atoms with Crippen molar-refractivity contribution in [2.24, 2.45) is 0 Å². The van der Waals surface area contributed by atoms with E-state index in [9.17, 15) is 22.4 Å². The number of nitrogens with zero attached hydrogens (tertiary/aromatic N) is 1. The summed E-state index contributed by atoms with van der Waals surface area (Å²) < 4.78 is 56.5. The van der Waals surface area contributed by atoms with Gasteiger partial charge in [0.05, 0.1) is 12.6 Å². The van der Waals surface area contributed by atoms with E-state index in [4.69, 9.17) is 0 Å². The largest absolute Gasteiger partial charge is 0.433 e. The van der Waals surface area contributed by atoms with Crippen LogP contribution in [0.25, 0.3) is 0 Å². The Hall–Kier alpha value is -1.63. The van der Waals surface area contributed by atoms with Gasteiger partial charge in [0.2, 0.25) is 6.23 Å². The van der Waals surface area contributed by atoms with Gasteiger partial charge in [-0.3, -0.25) is 9.69 Å². The summed E-state index contributed by atoms with van der Waals surface area (Å²) in [5.41, 5.74) is 0.480. The van der Waals surface area contributed by atoms with Crippen LogP contribution in [-0.4, -0.2) is 36.0 Å². The molecule has 110 valence electrons. The molecule has 1 amide bonds. The minimum atomic E-state index is -4.76. The fourth-order valence-corrected chi connectivity index (χ4v) is 2.17. The molecule has 0 bridgehead atoms. The Kier molecular flexibility index (Phi) is 3.99. The third-order valence-electron chi connectivity index (χ3n) is 3.06. The Balaban J connectivity index is 2.36. The number of hydrogen-bond donors (Lipinski definition) is 0. The van der Waals surface area contributed by atoms with E-state index >= 15 is 0 Å². The molecule has 1 aromatic rings. The first-order chi connectivity index (χ1) is 9.32. The summed E-state index contributed by atoms with van der Waals surface area (Å²) in [5, 5.41) is 0. The molecule has 1 aliphatic heterocycles.